The molecule has 3 aromatic rings. The van der Waals surface area contributed by atoms with E-state index in [0.29, 0.717) is 24.5 Å². The van der Waals surface area contributed by atoms with Crippen molar-refractivity contribution in [1.29, 1.82) is 0 Å². The number of nitrogens with one attached hydrogen (secondary N) is 1. The highest BCUT2D eigenvalue weighted by molar-refractivity contribution is 5.81. The Morgan fingerprint density at radius 1 is 0.875 bits per heavy atom. The van der Waals surface area contributed by atoms with E-state index in [2.05, 4.69) is 10.2 Å². The normalized spacial score (nSPS) is 24.8. The van der Waals surface area contributed by atoms with Crippen LogP contribution in [0, 0.1) is 0 Å². The van der Waals surface area contributed by atoms with E-state index < -0.39 is 12.0 Å². The average Bonchev–Trinajstić information content (AvgIpc) is 3.21. The molecule has 7 nitrogen and oxygen atoms in total. The molecule has 212 valence electrons. The summed E-state index contributed by atoms with van der Waals surface area (Å²) in [5, 5.41) is 3.20. The van der Waals surface area contributed by atoms with Gasteiger partial charge in [0.25, 0.3) is 5.56 Å². The van der Waals surface area contributed by atoms with E-state index >= 15 is 0 Å². The zero-order valence-electron chi connectivity index (χ0n) is 23.6. The van der Waals surface area contributed by atoms with Crippen LogP contribution in [0.3, 0.4) is 0 Å². The number of carbonyl (C=O) groups is 1. The molecule has 1 aromatic heterocycles. The molecule has 0 spiro atoms. The molecule has 0 radical (unpaired) electrons. The Bertz CT molecular complexity index is 1350. The quantitative estimate of drug-likeness (QED) is 0.376. The molecule has 3 aliphatic rings. The third-order valence-corrected chi connectivity index (χ3v) is 9.50. The summed E-state index contributed by atoms with van der Waals surface area (Å²) in [6.45, 7) is 0. The molecule has 1 N–H and O–H groups in total. The van der Waals surface area contributed by atoms with Crippen LogP contribution in [-0.4, -0.2) is 51.7 Å². The van der Waals surface area contributed by atoms with Gasteiger partial charge in [-0.3, -0.25) is 9.69 Å². The molecule has 6 rings (SSSR count). The summed E-state index contributed by atoms with van der Waals surface area (Å²) in [7, 11) is 1.38. The third-order valence-electron chi connectivity index (χ3n) is 9.50. The maximum absolute atomic E-state index is 14.2. The molecular weight excluding hydrogens is 500 g/mol. The minimum absolute atomic E-state index is 0.119. The lowest BCUT2D eigenvalue weighted by molar-refractivity contribution is -0.141. The maximum atomic E-state index is 14.2. The smallest absolute Gasteiger partial charge is 0.328 e. The number of benzene rings is 2. The number of rotatable bonds is 7. The first-order valence-electron chi connectivity index (χ1n) is 15.3. The van der Waals surface area contributed by atoms with Crippen molar-refractivity contribution in [3.05, 3.63) is 70.5 Å². The van der Waals surface area contributed by atoms with Gasteiger partial charge in [-0.05, 0) is 56.2 Å². The molecule has 1 unspecified atom stereocenters. The van der Waals surface area contributed by atoms with Gasteiger partial charge in [0.15, 0.2) is 5.82 Å². The number of anilines is 1. The Morgan fingerprint density at radius 3 is 2.23 bits per heavy atom. The van der Waals surface area contributed by atoms with Gasteiger partial charge in [0.2, 0.25) is 0 Å². The minimum atomic E-state index is -0.709. The first kappa shape index (κ1) is 27.0. The number of esters is 1. The summed E-state index contributed by atoms with van der Waals surface area (Å²) in [5.74, 6) is -0.185. The summed E-state index contributed by atoms with van der Waals surface area (Å²) in [6, 6.07) is 18.9. The van der Waals surface area contributed by atoms with Gasteiger partial charge in [-0.1, -0.05) is 74.6 Å². The fourth-order valence-electron chi connectivity index (χ4n) is 7.69. The van der Waals surface area contributed by atoms with E-state index in [1.54, 1.807) is 0 Å². The van der Waals surface area contributed by atoms with E-state index in [4.69, 9.17) is 9.72 Å². The molecule has 3 fully saturated rings. The fraction of sp³-hybridized carbons (Fsp3) is 0.545. The van der Waals surface area contributed by atoms with Crippen molar-refractivity contribution in [2.75, 3.05) is 12.4 Å². The van der Waals surface area contributed by atoms with Crippen molar-refractivity contribution < 1.29 is 9.53 Å². The molecule has 2 aromatic carbocycles. The number of para-hydroxylation sites is 2. The highest BCUT2D eigenvalue weighted by Crippen LogP contribution is 2.44. The lowest BCUT2D eigenvalue weighted by Crippen LogP contribution is -2.50. The number of piperidine rings is 1. The molecule has 2 saturated heterocycles. The molecule has 1 aliphatic carbocycles. The van der Waals surface area contributed by atoms with Gasteiger partial charge in [0.1, 0.15) is 6.04 Å². The van der Waals surface area contributed by atoms with Crippen molar-refractivity contribution in [3.63, 3.8) is 0 Å². The number of hydrogen-bond donors (Lipinski definition) is 1. The lowest BCUT2D eigenvalue weighted by atomic mass is 9.89. The Balaban J connectivity index is 1.30. The molecule has 2 bridgehead atoms. The first-order valence-corrected chi connectivity index (χ1v) is 15.3. The second-order valence-corrected chi connectivity index (χ2v) is 12.0. The van der Waals surface area contributed by atoms with Gasteiger partial charge in [-0.15, -0.1) is 0 Å². The fourth-order valence-corrected chi connectivity index (χ4v) is 7.69. The maximum Gasteiger partial charge on any atom is 0.328 e. The molecular formula is C33H42N4O3. The monoisotopic (exact) mass is 542 g/mol. The van der Waals surface area contributed by atoms with Crippen LogP contribution in [0.25, 0.3) is 11.0 Å². The zero-order valence-corrected chi connectivity index (χ0v) is 23.6. The van der Waals surface area contributed by atoms with Crippen molar-refractivity contribution in [1.82, 2.24) is 14.5 Å². The highest BCUT2D eigenvalue weighted by atomic mass is 16.5. The van der Waals surface area contributed by atoms with Gasteiger partial charge in [-0.25, -0.2) is 9.78 Å². The Labute approximate surface area is 236 Å². The summed E-state index contributed by atoms with van der Waals surface area (Å²) in [6.07, 6.45) is 14.3. The zero-order chi connectivity index (χ0) is 27.5. The van der Waals surface area contributed by atoms with Crippen LogP contribution < -0.4 is 10.9 Å². The predicted octanol–water partition coefficient (Wildman–Crippen LogP) is 5.87. The highest BCUT2D eigenvalue weighted by Gasteiger charge is 2.44. The van der Waals surface area contributed by atoms with Gasteiger partial charge in [-0.2, -0.15) is 0 Å². The van der Waals surface area contributed by atoms with Crippen LogP contribution >= 0.6 is 0 Å². The van der Waals surface area contributed by atoms with Gasteiger partial charge >= 0.3 is 5.97 Å². The molecule has 3 heterocycles. The van der Waals surface area contributed by atoms with Crippen LogP contribution in [0.15, 0.2) is 59.4 Å². The minimum Gasteiger partial charge on any atom is -0.467 e. The molecule has 7 heteroatoms. The summed E-state index contributed by atoms with van der Waals surface area (Å²) < 4.78 is 7.10. The summed E-state index contributed by atoms with van der Waals surface area (Å²) in [4.78, 5) is 34.5. The molecule has 2 aliphatic heterocycles. The standard InChI is InChI=1S/C33H42N4O3/c1-40-33(39)29(20-23-12-6-5-7-13-23)35-31-32(38)37(30-17-11-10-16-28(30)34-31)27-21-25-18-19-26(22-27)36(25)24-14-8-3-2-4-9-15-24/h5-7,10-13,16-17,24-27,29H,2-4,8-9,14-15,18-22H2,1H3,(H,34,35)/t25-,26?,27+,29-/m0/s1. The van der Waals surface area contributed by atoms with Crippen molar-refractivity contribution in [3.8, 4) is 0 Å². The molecule has 1 saturated carbocycles. The molecule has 4 atom stereocenters. The second-order valence-electron chi connectivity index (χ2n) is 12.0. The third kappa shape index (κ3) is 5.53. The second kappa shape index (κ2) is 12.1. The molecule has 0 amide bonds. The topological polar surface area (TPSA) is 76.5 Å². The largest absolute Gasteiger partial charge is 0.467 e. The number of aromatic nitrogens is 2. The van der Waals surface area contributed by atoms with Gasteiger partial charge < -0.3 is 14.6 Å². The number of nitrogens with zero attached hydrogens (tertiary/aromatic N) is 3. The number of ether oxygens (including phenoxy) is 1. The van der Waals surface area contributed by atoms with Crippen molar-refractivity contribution in [2.24, 2.45) is 0 Å². The number of methoxy groups -OCH3 is 1. The average molecular weight is 543 g/mol. The SMILES string of the molecule is COC(=O)[C@H](Cc1ccccc1)Nc1nc2ccccc2n([C@H]2CC3CC[C@@H](C2)N3C2CCCCCCC2)c1=O. The van der Waals surface area contributed by atoms with Crippen molar-refractivity contribution in [2.45, 2.75) is 107 Å². The van der Waals surface area contributed by atoms with Crippen LogP contribution in [0.1, 0.15) is 82.2 Å². The van der Waals surface area contributed by atoms with E-state index in [1.807, 2.05) is 59.2 Å². The lowest BCUT2D eigenvalue weighted by Gasteiger charge is -2.45. The van der Waals surface area contributed by atoms with E-state index in [-0.39, 0.29) is 17.4 Å². The van der Waals surface area contributed by atoms with Crippen LogP contribution in [0.2, 0.25) is 0 Å². The van der Waals surface area contributed by atoms with E-state index in [0.717, 1.165) is 29.4 Å². The van der Waals surface area contributed by atoms with Gasteiger partial charge in [0, 0.05) is 30.6 Å². The Kier molecular flexibility index (Phi) is 8.19. The number of hydrogen-bond acceptors (Lipinski definition) is 6. The summed E-state index contributed by atoms with van der Waals surface area (Å²) >= 11 is 0. The Hall–Kier alpha value is -3.19. The van der Waals surface area contributed by atoms with Crippen LogP contribution in [0.5, 0.6) is 0 Å². The van der Waals surface area contributed by atoms with E-state index in [9.17, 15) is 9.59 Å². The number of fused-ring (bicyclic) bond motifs is 3. The van der Waals surface area contributed by atoms with E-state index in [1.165, 1.54) is 64.9 Å². The molecule has 40 heavy (non-hydrogen) atoms. The predicted molar refractivity (Wildman–Crippen MR) is 159 cm³/mol. The Morgan fingerprint density at radius 2 is 1.52 bits per heavy atom. The van der Waals surface area contributed by atoms with Crippen molar-refractivity contribution >= 4 is 22.8 Å². The van der Waals surface area contributed by atoms with Crippen LogP contribution in [0.4, 0.5) is 5.82 Å². The van der Waals surface area contributed by atoms with Crippen LogP contribution in [-0.2, 0) is 16.0 Å². The van der Waals surface area contributed by atoms with Gasteiger partial charge in [0.05, 0.1) is 18.1 Å². The number of carbonyl (C=O) groups excluding carboxylic acids is 1. The first-order chi connectivity index (χ1) is 19.6. The summed E-state index contributed by atoms with van der Waals surface area (Å²) in [5.41, 5.74) is 2.48.